The van der Waals surface area contributed by atoms with E-state index >= 15 is 0 Å². The lowest BCUT2D eigenvalue weighted by Gasteiger charge is -2.19. The standard InChI is InChI=1S/C42H26O/c1-3-11-27(12-4-1)31-19-21-35-38(24-31)42(34-18-10-9-17-33(34)41(35)28-13-5-2-6-14-28)32-20-22-39-36(25-32)37-23-29-15-7-8-16-30(29)26-40(37)43-39/h1-26H. The highest BCUT2D eigenvalue weighted by molar-refractivity contribution is 6.23. The molecule has 0 saturated heterocycles. The van der Waals surface area contributed by atoms with E-state index < -0.39 is 0 Å². The number of benzene rings is 8. The zero-order valence-electron chi connectivity index (χ0n) is 23.4. The molecule has 0 unspecified atom stereocenters. The van der Waals surface area contributed by atoms with Crippen LogP contribution in [0.15, 0.2) is 162 Å². The Balaban J connectivity index is 1.40. The molecule has 9 aromatic rings. The zero-order valence-corrected chi connectivity index (χ0v) is 23.4. The van der Waals surface area contributed by atoms with Crippen LogP contribution in [-0.2, 0) is 0 Å². The van der Waals surface area contributed by atoms with Crippen LogP contribution in [-0.4, -0.2) is 0 Å². The van der Waals surface area contributed by atoms with Gasteiger partial charge >= 0.3 is 0 Å². The Kier molecular flexibility index (Phi) is 5.27. The fraction of sp³-hybridized carbons (Fsp3) is 0. The van der Waals surface area contributed by atoms with Crippen LogP contribution in [0.3, 0.4) is 0 Å². The SMILES string of the molecule is c1ccc(-c2ccc3c(-c4ccccc4)c4ccccc4c(-c4ccc5oc6cc7ccccc7cc6c5c4)c3c2)cc1. The van der Waals surface area contributed by atoms with Crippen molar-refractivity contribution >= 4 is 54.3 Å². The third-order valence-electron chi connectivity index (χ3n) is 8.82. The van der Waals surface area contributed by atoms with Crippen molar-refractivity contribution in [1.82, 2.24) is 0 Å². The molecule has 8 aromatic carbocycles. The molecule has 200 valence electrons. The first-order valence-corrected chi connectivity index (χ1v) is 14.8. The van der Waals surface area contributed by atoms with Crippen molar-refractivity contribution < 1.29 is 4.42 Å². The lowest BCUT2D eigenvalue weighted by atomic mass is 9.84. The normalized spacial score (nSPS) is 11.7. The van der Waals surface area contributed by atoms with Crippen molar-refractivity contribution in [3.8, 4) is 33.4 Å². The number of hydrogen-bond donors (Lipinski definition) is 0. The van der Waals surface area contributed by atoms with Gasteiger partial charge < -0.3 is 4.42 Å². The second-order valence-electron chi connectivity index (χ2n) is 11.3. The van der Waals surface area contributed by atoms with E-state index in [0.29, 0.717) is 0 Å². The van der Waals surface area contributed by atoms with E-state index in [4.69, 9.17) is 4.42 Å². The molecule has 0 aliphatic rings. The first kappa shape index (κ1) is 24.0. The Morgan fingerprint density at radius 2 is 0.814 bits per heavy atom. The molecule has 1 heterocycles. The van der Waals surface area contributed by atoms with E-state index in [1.165, 1.54) is 65.7 Å². The molecule has 0 fully saturated rings. The second-order valence-corrected chi connectivity index (χ2v) is 11.3. The molecular formula is C42H26O. The minimum Gasteiger partial charge on any atom is -0.456 e. The highest BCUT2D eigenvalue weighted by atomic mass is 16.3. The van der Waals surface area contributed by atoms with Gasteiger partial charge in [-0.15, -0.1) is 0 Å². The summed E-state index contributed by atoms with van der Waals surface area (Å²) >= 11 is 0. The molecule has 0 aliphatic carbocycles. The van der Waals surface area contributed by atoms with E-state index in [0.717, 1.165) is 21.9 Å². The topological polar surface area (TPSA) is 13.1 Å². The van der Waals surface area contributed by atoms with Gasteiger partial charge in [0, 0.05) is 10.8 Å². The maximum absolute atomic E-state index is 6.38. The van der Waals surface area contributed by atoms with E-state index in [-0.39, 0.29) is 0 Å². The molecule has 1 heteroatoms. The van der Waals surface area contributed by atoms with Gasteiger partial charge in [-0.25, -0.2) is 0 Å². The molecule has 0 atom stereocenters. The maximum atomic E-state index is 6.38. The summed E-state index contributed by atoms with van der Waals surface area (Å²) in [4.78, 5) is 0. The van der Waals surface area contributed by atoms with Gasteiger partial charge in [0.1, 0.15) is 11.2 Å². The summed E-state index contributed by atoms with van der Waals surface area (Å²) in [5.74, 6) is 0. The summed E-state index contributed by atoms with van der Waals surface area (Å²) in [6.45, 7) is 0. The van der Waals surface area contributed by atoms with E-state index in [9.17, 15) is 0 Å². The smallest absolute Gasteiger partial charge is 0.136 e. The largest absolute Gasteiger partial charge is 0.456 e. The van der Waals surface area contributed by atoms with Gasteiger partial charge in [0.2, 0.25) is 0 Å². The first-order chi connectivity index (χ1) is 21.3. The van der Waals surface area contributed by atoms with Crippen LogP contribution in [0.2, 0.25) is 0 Å². The van der Waals surface area contributed by atoms with Gasteiger partial charge in [-0.1, -0.05) is 127 Å². The molecule has 0 amide bonds. The summed E-state index contributed by atoms with van der Waals surface area (Å²) in [7, 11) is 0. The van der Waals surface area contributed by atoms with Crippen LogP contribution in [0, 0.1) is 0 Å². The average Bonchev–Trinajstić information content (AvgIpc) is 3.43. The molecule has 0 radical (unpaired) electrons. The third-order valence-corrected chi connectivity index (χ3v) is 8.82. The van der Waals surface area contributed by atoms with Gasteiger partial charge in [-0.3, -0.25) is 0 Å². The van der Waals surface area contributed by atoms with E-state index in [1.54, 1.807) is 0 Å². The van der Waals surface area contributed by atoms with Crippen molar-refractivity contribution in [3.05, 3.63) is 158 Å². The minimum atomic E-state index is 0.911. The monoisotopic (exact) mass is 546 g/mol. The van der Waals surface area contributed by atoms with Crippen molar-refractivity contribution in [2.75, 3.05) is 0 Å². The molecule has 0 saturated carbocycles. The molecule has 1 aromatic heterocycles. The van der Waals surface area contributed by atoms with Gasteiger partial charge in [0.15, 0.2) is 0 Å². The number of rotatable bonds is 3. The predicted octanol–water partition coefficient (Wildman–Crippen LogP) is 12.0. The van der Waals surface area contributed by atoms with Crippen LogP contribution < -0.4 is 0 Å². The third kappa shape index (κ3) is 3.79. The van der Waals surface area contributed by atoms with Crippen LogP contribution in [0.25, 0.3) is 87.6 Å². The Hall–Kier alpha value is -5.66. The Morgan fingerprint density at radius 1 is 0.279 bits per heavy atom. The Morgan fingerprint density at radius 3 is 1.56 bits per heavy atom. The number of hydrogen-bond acceptors (Lipinski definition) is 1. The fourth-order valence-corrected chi connectivity index (χ4v) is 6.83. The van der Waals surface area contributed by atoms with E-state index in [2.05, 4.69) is 158 Å². The minimum absolute atomic E-state index is 0.911. The van der Waals surface area contributed by atoms with Gasteiger partial charge in [0.25, 0.3) is 0 Å². The summed E-state index contributed by atoms with van der Waals surface area (Å²) in [5.41, 5.74) is 9.20. The molecule has 0 bridgehead atoms. The lowest BCUT2D eigenvalue weighted by molar-refractivity contribution is 0.669. The summed E-state index contributed by atoms with van der Waals surface area (Å²) in [6.07, 6.45) is 0. The molecule has 0 N–H and O–H groups in total. The fourth-order valence-electron chi connectivity index (χ4n) is 6.83. The van der Waals surface area contributed by atoms with Crippen molar-refractivity contribution in [2.45, 2.75) is 0 Å². The summed E-state index contributed by atoms with van der Waals surface area (Å²) in [5, 5.41) is 9.70. The van der Waals surface area contributed by atoms with Crippen LogP contribution >= 0.6 is 0 Å². The molecule has 1 nitrogen and oxygen atoms in total. The molecular weight excluding hydrogens is 520 g/mol. The van der Waals surface area contributed by atoms with Gasteiger partial charge in [-0.2, -0.15) is 0 Å². The average molecular weight is 547 g/mol. The Labute approximate surface area is 249 Å². The summed E-state index contributed by atoms with van der Waals surface area (Å²) < 4.78 is 6.38. The lowest BCUT2D eigenvalue weighted by Crippen LogP contribution is -1.91. The highest BCUT2D eigenvalue weighted by Crippen LogP contribution is 2.46. The predicted molar refractivity (Wildman–Crippen MR) is 183 cm³/mol. The quantitative estimate of drug-likeness (QED) is 0.201. The van der Waals surface area contributed by atoms with Gasteiger partial charge in [0.05, 0.1) is 0 Å². The molecule has 43 heavy (non-hydrogen) atoms. The molecule has 9 rings (SSSR count). The van der Waals surface area contributed by atoms with Crippen molar-refractivity contribution in [1.29, 1.82) is 0 Å². The van der Waals surface area contributed by atoms with Crippen LogP contribution in [0.4, 0.5) is 0 Å². The second kappa shape index (κ2) is 9.44. The molecule has 0 spiro atoms. The summed E-state index contributed by atoms with van der Waals surface area (Å²) in [6, 6.07) is 56.9. The van der Waals surface area contributed by atoms with Gasteiger partial charge in [-0.05, 0) is 96.0 Å². The Bertz CT molecular complexity index is 2480. The van der Waals surface area contributed by atoms with Crippen molar-refractivity contribution in [3.63, 3.8) is 0 Å². The van der Waals surface area contributed by atoms with Crippen LogP contribution in [0.5, 0.6) is 0 Å². The zero-order chi connectivity index (χ0) is 28.3. The van der Waals surface area contributed by atoms with Crippen LogP contribution in [0.1, 0.15) is 0 Å². The van der Waals surface area contributed by atoms with Crippen molar-refractivity contribution in [2.24, 2.45) is 0 Å². The molecule has 0 aliphatic heterocycles. The van der Waals surface area contributed by atoms with E-state index in [1.807, 2.05) is 0 Å². The number of fused-ring (bicyclic) bond motifs is 6. The maximum Gasteiger partial charge on any atom is 0.136 e. The highest BCUT2D eigenvalue weighted by Gasteiger charge is 2.19. The first-order valence-electron chi connectivity index (χ1n) is 14.8. The number of furan rings is 1.